The van der Waals surface area contributed by atoms with Gasteiger partial charge < -0.3 is 14.8 Å². The van der Waals surface area contributed by atoms with Gasteiger partial charge in [-0.2, -0.15) is 0 Å². The van der Waals surface area contributed by atoms with Gasteiger partial charge in [-0.1, -0.05) is 6.08 Å². The van der Waals surface area contributed by atoms with Crippen molar-refractivity contribution < 1.29 is 23.9 Å². The zero-order valence-corrected chi connectivity index (χ0v) is 13.8. The molecule has 1 aromatic heterocycles. The number of esters is 2. The molecule has 0 spiro atoms. The van der Waals surface area contributed by atoms with Crippen LogP contribution in [0.25, 0.3) is 0 Å². The Bertz CT molecular complexity index is 603. The van der Waals surface area contributed by atoms with Crippen LogP contribution in [-0.2, 0) is 19.1 Å². The lowest BCUT2D eigenvalue weighted by Gasteiger charge is -2.07. The number of hydrogen-bond acceptors (Lipinski definition) is 6. The van der Waals surface area contributed by atoms with Crippen LogP contribution in [0.15, 0.2) is 12.2 Å². The summed E-state index contributed by atoms with van der Waals surface area (Å²) in [6, 6.07) is 0. The number of allylic oxidation sites excluding steroid dienone is 1. The van der Waals surface area contributed by atoms with E-state index in [1.54, 1.807) is 20.8 Å². The van der Waals surface area contributed by atoms with Crippen molar-refractivity contribution in [3.8, 4) is 0 Å². The Morgan fingerprint density at radius 2 is 1.91 bits per heavy atom. The third-order valence-corrected chi connectivity index (χ3v) is 3.89. The molecular formula is C15H19NO5S. The molecule has 1 amide bonds. The number of carbonyl (C=O) groups excluding carboxylic acids is 3. The summed E-state index contributed by atoms with van der Waals surface area (Å²) in [7, 11) is 0. The number of aryl methyl sites for hydroxylation is 1. The third kappa shape index (κ3) is 4.70. The number of amides is 1. The number of rotatable bonds is 6. The maximum atomic E-state index is 12.0. The quantitative estimate of drug-likeness (QED) is 0.642. The van der Waals surface area contributed by atoms with E-state index in [2.05, 4.69) is 5.32 Å². The highest BCUT2D eigenvalue weighted by atomic mass is 32.1. The van der Waals surface area contributed by atoms with E-state index in [-0.39, 0.29) is 6.61 Å². The summed E-state index contributed by atoms with van der Waals surface area (Å²) < 4.78 is 9.75. The Labute approximate surface area is 133 Å². The van der Waals surface area contributed by atoms with Gasteiger partial charge in [0.25, 0.3) is 5.91 Å². The Balaban J connectivity index is 2.80. The molecule has 0 atom stereocenters. The predicted molar refractivity (Wildman–Crippen MR) is 84.2 cm³/mol. The van der Waals surface area contributed by atoms with Gasteiger partial charge in [-0.25, -0.2) is 9.59 Å². The molecule has 0 aliphatic carbocycles. The molecular weight excluding hydrogens is 306 g/mol. The van der Waals surface area contributed by atoms with E-state index in [0.717, 1.165) is 10.4 Å². The molecule has 120 valence electrons. The first-order valence-corrected chi connectivity index (χ1v) is 7.58. The van der Waals surface area contributed by atoms with Gasteiger partial charge in [0.05, 0.1) is 12.2 Å². The van der Waals surface area contributed by atoms with Crippen LogP contribution in [0, 0.1) is 13.8 Å². The maximum Gasteiger partial charge on any atom is 0.341 e. The molecule has 0 bridgehead atoms. The first kappa shape index (κ1) is 17.9. The number of carbonyl (C=O) groups is 3. The van der Waals surface area contributed by atoms with Gasteiger partial charge in [-0.3, -0.25) is 4.79 Å². The number of thiophene rings is 1. The van der Waals surface area contributed by atoms with Gasteiger partial charge in [0.15, 0.2) is 6.61 Å². The molecule has 0 fully saturated rings. The zero-order chi connectivity index (χ0) is 16.7. The van der Waals surface area contributed by atoms with Crippen LogP contribution >= 0.6 is 11.3 Å². The average molecular weight is 325 g/mol. The van der Waals surface area contributed by atoms with E-state index in [9.17, 15) is 14.4 Å². The normalized spacial score (nSPS) is 10.5. The summed E-state index contributed by atoms with van der Waals surface area (Å²) >= 11 is 1.28. The Hall–Kier alpha value is -2.15. The van der Waals surface area contributed by atoms with E-state index in [1.807, 2.05) is 6.92 Å². The topological polar surface area (TPSA) is 81.7 Å². The largest absolute Gasteiger partial charge is 0.462 e. The summed E-state index contributed by atoms with van der Waals surface area (Å²) in [6.07, 6.45) is 2.74. The van der Waals surface area contributed by atoms with Crippen LogP contribution in [0.3, 0.4) is 0 Å². The number of hydrogen-bond donors (Lipinski definition) is 1. The van der Waals surface area contributed by atoms with E-state index in [0.29, 0.717) is 10.6 Å². The fourth-order valence-corrected chi connectivity index (χ4v) is 2.71. The molecule has 1 aromatic rings. The summed E-state index contributed by atoms with van der Waals surface area (Å²) in [5, 5.41) is 2.99. The standard InChI is InChI=1S/C15H19NO5S/c1-5-7-12(18)21-8-11(17)16-14-13(15(19)20-6-2)9(3)10(4)22-14/h5,7H,6,8H2,1-4H3,(H,16,17)/b7-5+. The van der Waals surface area contributed by atoms with E-state index < -0.39 is 24.5 Å². The minimum atomic E-state index is -0.596. The van der Waals surface area contributed by atoms with Crippen LogP contribution < -0.4 is 5.32 Å². The molecule has 22 heavy (non-hydrogen) atoms. The molecule has 0 unspecified atom stereocenters. The molecule has 0 saturated heterocycles. The molecule has 1 heterocycles. The van der Waals surface area contributed by atoms with E-state index in [1.165, 1.54) is 23.5 Å². The molecule has 0 saturated carbocycles. The van der Waals surface area contributed by atoms with Crippen LogP contribution in [0.1, 0.15) is 34.6 Å². The van der Waals surface area contributed by atoms with Gasteiger partial charge >= 0.3 is 11.9 Å². The van der Waals surface area contributed by atoms with Gasteiger partial charge in [-0.05, 0) is 33.3 Å². The van der Waals surface area contributed by atoms with Crippen molar-refractivity contribution in [1.82, 2.24) is 0 Å². The minimum absolute atomic E-state index is 0.252. The first-order valence-electron chi connectivity index (χ1n) is 6.77. The van der Waals surface area contributed by atoms with Crippen molar-refractivity contribution in [3.05, 3.63) is 28.2 Å². The lowest BCUT2D eigenvalue weighted by molar-refractivity contribution is -0.142. The van der Waals surface area contributed by atoms with Gasteiger partial charge in [0, 0.05) is 11.0 Å². The van der Waals surface area contributed by atoms with Crippen LogP contribution in [0.2, 0.25) is 0 Å². The zero-order valence-electron chi connectivity index (χ0n) is 13.0. The molecule has 1 rings (SSSR count). The van der Waals surface area contributed by atoms with Crippen molar-refractivity contribution in [2.24, 2.45) is 0 Å². The Kier molecular flexibility index (Phi) is 6.78. The number of ether oxygens (including phenoxy) is 2. The fraction of sp³-hybridized carbons (Fsp3) is 0.400. The highest BCUT2D eigenvalue weighted by Gasteiger charge is 2.22. The van der Waals surface area contributed by atoms with Gasteiger partial charge in [0.2, 0.25) is 0 Å². The van der Waals surface area contributed by atoms with Crippen molar-refractivity contribution in [3.63, 3.8) is 0 Å². The number of anilines is 1. The smallest absolute Gasteiger partial charge is 0.341 e. The number of nitrogens with one attached hydrogen (secondary N) is 1. The summed E-state index contributed by atoms with van der Waals surface area (Å²) in [6.45, 7) is 6.86. The lowest BCUT2D eigenvalue weighted by atomic mass is 10.1. The molecule has 0 aliphatic heterocycles. The van der Waals surface area contributed by atoms with E-state index in [4.69, 9.17) is 9.47 Å². The van der Waals surface area contributed by atoms with Crippen LogP contribution in [-0.4, -0.2) is 31.1 Å². The minimum Gasteiger partial charge on any atom is -0.462 e. The van der Waals surface area contributed by atoms with Crippen molar-refractivity contribution in [2.45, 2.75) is 27.7 Å². The summed E-state index contributed by atoms with van der Waals surface area (Å²) in [5.74, 6) is -1.59. The van der Waals surface area contributed by atoms with Crippen LogP contribution in [0.4, 0.5) is 5.00 Å². The van der Waals surface area contributed by atoms with Crippen molar-refractivity contribution in [2.75, 3.05) is 18.5 Å². The van der Waals surface area contributed by atoms with Crippen molar-refractivity contribution >= 4 is 34.2 Å². The molecule has 0 aromatic carbocycles. The summed E-state index contributed by atoms with van der Waals surface area (Å²) in [4.78, 5) is 35.9. The predicted octanol–water partition coefficient (Wildman–Crippen LogP) is 2.60. The Morgan fingerprint density at radius 1 is 1.23 bits per heavy atom. The van der Waals surface area contributed by atoms with Gasteiger partial charge in [0.1, 0.15) is 5.00 Å². The maximum absolute atomic E-state index is 12.0. The fourth-order valence-electron chi connectivity index (χ4n) is 1.65. The van der Waals surface area contributed by atoms with Crippen molar-refractivity contribution in [1.29, 1.82) is 0 Å². The van der Waals surface area contributed by atoms with Gasteiger partial charge in [-0.15, -0.1) is 11.3 Å². The Morgan fingerprint density at radius 3 is 2.50 bits per heavy atom. The summed E-state index contributed by atoms with van der Waals surface area (Å²) in [5.41, 5.74) is 1.11. The highest BCUT2D eigenvalue weighted by molar-refractivity contribution is 7.16. The molecule has 0 radical (unpaired) electrons. The lowest BCUT2D eigenvalue weighted by Crippen LogP contribution is -2.21. The molecule has 7 heteroatoms. The highest BCUT2D eigenvalue weighted by Crippen LogP contribution is 2.32. The second kappa shape index (κ2) is 8.33. The van der Waals surface area contributed by atoms with E-state index >= 15 is 0 Å². The first-order chi connectivity index (χ1) is 10.4. The monoisotopic (exact) mass is 325 g/mol. The SMILES string of the molecule is C/C=C/C(=O)OCC(=O)Nc1sc(C)c(C)c1C(=O)OCC. The third-order valence-electron chi connectivity index (χ3n) is 2.77. The van der Waals surface area contributed by atoms with Crippen LogP contribution in [0.5, 0.6) is 0 Å². The molecule has 1 N–H and O–H groups in total. The average Bonchev–Trinajstić information content (AvgIpc) is 2.72. The second-order valence-electron chi connectivity index (χ2n) is 4.36. The second-order valence-corrected chi connectivity index (χ2v) is 5.59. The molecule has 6 nitrogen and oxygen atoms in total. The molecule has 0 aliphatic rings.